The largest absolute Gasteiger partial charge is 0.345 e. The maximum Gasteiger partial charge on any atom is 0.345 e. The van der Waals surface area contributed by atoms with Crippen molar-refractivity contribution in [3.8, 4) is 11.4 Å². The first kappa shape index (κ1) is 14.0. The van der Waals surface area contributed by atoms with Gasteiger partial charge in [0.1, 0.15) is 6.33 Å². The van der Waals surface area contributed by atoms with Gasteiger partial charge in [0.05, 0.1) is 34.1 Å². The van der Waals surface area contributed by atoms with Gasteiger partial charge in [0.25, 0.3) is 0 Å². The number of rotatable bonds is 7. The summed E-state index contributed by atoms with van der Waals surface area (Å²) in [4.78, 5) is 8.24. The molecule has 0 aliphatic rings. The van der Waals surface area contributed by atoms with Crippen molar-refractivity contribution in [3.05, 3.63) is 47.2 Å². The van der Waals surface area contributed by atoms with Gasteiger partial charge in [-0.3, -0.25) is 9.67 Å². The van der Waals surface area contributed by atoms with Crippen LogP contribution in [0, 0.1) is 0 Å². The summed E-state index contributed by atoms with van der Waals surface area (Å²) in [6.07, 6.45) is 4.88. The third-order valence-electron chi connectivity index (χ3n) is 3.26. The normalized spacial score (nSPS) is 16.3. The third-order valence-corrected chi connectivity index (χ3v) is 3.73. The van der Waals surface area contributed by atoms with Gasteiger partial charge in [0.2, 0.25) is 0 Å². The lowest BCUT2D eigenvalue weighted by molar-refractivity contribution is -0.130. The minimum Gasteiger partial charge on any atom is -0.323 e. The SMILES string of the molecule is [2H]C([2H])(CC([2H])(c1ccc(Br)cn1)n1cc(-c2ncnn2C)cn1)OC(F)F. The van der Waals surface area contributed by atoms with Crippen molar-refractivity contribution in [2.75, 3.05) is 6.56 Å². The predicted octanol–water partition coefficient (Wildman–Crippen LogP) is 3.05. The van der Waals surface area contributed by atoms with E-state index in [-0.39, 0.29) is 5.69 Å². The average Bonchev–Trinajstić information content (AvgIpc) is 3.22. The quantitative estimate of drug-likeness (QED) is 0.592. The highest BCUT2D eigenvalue weighted by molar-refractivity contribution is 9.10. The number of ether oxygens (including phenoxy) is 1. The van der Waals surface area contributed by atoms with E-state index < -0.39 is 25.6 Å². The first-order valence-electron chi connectivity index (χ1n) is 8.58. The fourth-order valence-corrected chi connectivity index (χ4v) is 2.39. The molecule has 0 aromatic carbocycles. The molecule has 10 heteroatoms. The maximum absolute atomic E-state index is 12.6. The zero-order valence-corrected chi connectivity index (χ0v) is 14.6. The molecule has 1 unspecified atom stereocenters. The first-order chi connectivity index (χ1) is 13.1. The molecule has 3 aromatic rings. The molecule has 3 rings (SSSR count). The van der Waals surface area contributed by atoms with Gasteiger partial charge in [-0.05, 0) is 34.5 Å². The van der Waals surface area contributed by atoms with Gasteiger partial charge >= 0.3 is 6.61 Å². The molecular weight excluding hydrogens is 398 g/mol. The van der Waals surface area contributed by atoms with Crippen molar-refractivity contribution in [1.29, 1.82) is 0 Å². The fraction of sp³-hybridized carbons (Fsp3) is 0.333. The second-order valence-corrected chi connectivity index (χ2v) is 5.80. The van der Waals surface area contributed by atoms with Gasteiger partial charge in [0.15, 0.2) is 5.82 Å². The highest BCUT2D eigenvalue weighted by atomic mass is 79.9. The predicted molar refractivity (Wildman–Crippen MR) is 88.9 cm³/mol. The minimum absolute atomic E-state index is 0.102. The van der Waals surface area contributed by atoms with Gasteiger partial charge < -0.3 is 4.74 Å². The van der Waals surface area contributed by atoms with Crippen LogP contribution in [0.2, 0.25) is 0 Å². The van der Waals surface area contributed by atoms with E-state index in [1.807, 2.05) is 0 Å². The molecule has 0 N–H and O–H groups in total. The zero-order chi connectivity index (χ0) is 20.5. The summed E-state index contributed by atoms with van der Waals surface area (Å²) in [7, 11) is 1.68. The standard InChI is InChI=1S/C15H15BrF2N6O/c1-23-14(20-9-22-23)10-6-21-24(8-10)13(4-5-25-15(17)18)12-3-2-11(16)7-19-12/h2-3,6-9,13,15H,4-5H2,1H3/i5D2,13D. The van der Waals surface area contributed by atoms with Crippen molar-refractivity contribution in [1.82, 2.24) is 29.5 Å². The van der Waals surface area contributed by atoms with Crippen molar-refractivity contribution >= 4 is 15.9 Å². The summed E-state index contributed by atoms with van der Waals surface area (Å²) in [6.45, 7) is -6.13. The molecule has 1 atom stereocenters. The van der Waals surface area contributed by atoms with E-state index in [9.17, 15) is 8.78 Å². The summed E-state index contributed by atoms with van der Waals surface area (Å²) >= 11 is 3.24. The minimum atomic E-state index is -3.33. The molecule has 0 saturated heterocycles. The lowest BCUT2D eigenvalue weighted by atomic mass is 10.1. The van der Waals surface area contributed by atoms with Gasteiger partial charge in [-0.1, -0.05) is 0 Å². The van der Waals surface area contributed by atoms with Gasteiger partial charge in [-0.15, -0.1) is 0 Å². The number of hydrogen-bond donors (Lipinski definition) is 0. The average molecular weight is 416 g/mol. The Morgan fingerprint density at radius 2 is 2.16 bits per heavy atom. The Bertz CT molecular complexity index is 951. The highest BCUT2D eigenvalue weighted by Crippen LogP contribution is 2.24. The Kier molecular flexibility index (Phi) is 4.37. The molecule has 7 nitrogen and oxygen atoms in total. The smallest absolute Gasteiger partial charge is 0.323 e. The van der Waals surface area contributed by atoms with E-state index in [0.717, 1.165) is 4.68 Å². The maximum atomic E-state index is 12.6. The Labute approximate surface area is 155 Å². The van der Waals surface area contributed by atoms with Crippen LogP contribution in [0.25, 0.3) is 11.4 Å². The molecule has 0 fully saturated rings. The Balaban J connectivity index is 2.05. The molecule has 0 bridgehead atoms. The highest BCUT2D eigenvalue weighted by Gasteiger charge is 2.19. The number of aromatic nitrogens is 6. The summed E-state index contributed by atoms with van der Waals surface area (Å²) < 4.78 is 57.0. The van der Waals surface area contributed by atoms with E-state index >= 15 is 0 Å². The number of alkyl halides is 2. The summed E-state index contributed by atoms with van der Waals surface area (Å²) in [5, 5.41) is 8.10. The molecule has 0 radical (unpaired) electrons. The van der Waals surface area contributed by atoms with Crippen molar-refractivity contribution in [3.63, 3.8) is 0 Å². The van der Waals surface area contributed by atoms with Crippen LogP contribution >= 0.6 is 15.9 Å². The van der Waals surface area contributed by atoms with Crippen LogP contribution in [0.3, 0.4) is 0 Å². The van der Waals surface area contributed by atoms with Crippen LogP contribution in [0.15, 0.2) is 41.5 Å². The van der Waals surface area contributed by atoms with E-state index in [1.165, 1.54) is 35.7 Å². The topological polar surface area (TPSA) is 70.7 Å². The lowest BCUT2D eigenvalue weighted by Crippen LogP contribution is -2.16. The van der Waals surface area contributed by atoms with Crippen LogP contribution in [0.1, 0.15) is 22.2 Å². The molecule has 0 aliphatic carbocycles. The molecule has 0 spiro atoms. The first-order valence-corrected chi connectivity index (χ1v) is 7.87. The zero-order valence-electron chi connectivity index (χ0n) is 16.0. The monoisotopic (exact) mass is 415 g/mol. The van der Waals surface area contributed by atoms with E-state index in [1.54, 1.807) is 13.1 Å². The summed E-state index contributed by atoms with van der Waals surface area (Å²) in [5.74, 6) is 0.476. The number of hydrogen-bond acceptors (Lipinski definition) is 5. The molecule has 0 amide bonds. The van der Waals surface area contributed by atoms with Gasteiger partial charge in [0, 0.05) is 23.9 Å². The molecule has 132 valence electrons. The number of halogens is 3. The Morgan fingerprint density at radius 1 is 1.32 bits per heavy atom. The number of aryl methyl sites for hydroxylation is 1. The van der Waals surface area contributed by atoms with Crippen molar-refractivity contribution in [2.45, 2.75) is 19.1 Å². The fourth-order valence-electron chi connectivity index (χ4n) is 2.15. The van der Waals surface area contributed by atoms with E-state index in [2.05, 4.69) is 40.8 Å². The van der Waals surface area contributed by atoms with Crippen LogP contribution in [0.4, 0.5) is 8.78 Å². The van der Waals surface area contributed by atoms with Crippen LogP contribution < -0.4 is 0 Å². The van der Waals surface area contributed by atoms with E-state index in [4.69, 9.17) is 4.11 Å². The number of nitrogens with zero attached hydrogens (tertiary/aromatic N) is 6. The molecule has 3 aromatic heterocycles. The molecular formula is C15H15BrF2N6O. The Hall–Kier alpha value is -2.20. The van der Waals surface area contributed by atoms with Crippen LogP contribution in [-0.4, -0.2) is 42.7 Å². The van der Waals surface area contributed by atoms with Crippen molar-refractivity contribution in [2.24, 2.45) is 7.05 Å². The molecule has 3 heterocycles. The summed E-state index contributed by atoms with van der Waals surface area (Å²) in [6, 6.07) is 1.14. The Morgan fingerprint density at radius 3 is 2.80 bits per heavy atom. The van der Waals surface area contributed by atoms with Gasteiger partial charge in [-0.25, -0.2) is 9.67 Å². The second-order valence-electron chi connectivity index (χ2n) is 4.89. The molecule has 25 heavy (non-hydrogen) atoms. The van der Waals surface area contributed by atoms with Crippen molar-refractivity contribution < 1.29 is 17.6 Å². The summed E-state index contributed by atoms with van der Waals surface area (Å²) in [5.41, 5.74) is 0.620. The second kappa shape index (κ2) is 7.79. The lowest BCUT2D eigenvalue weighted by Gasteiger charge is -2.17. The number of pyridine rings is 1. The van der Waals surface area contributed by atoms with E-state index in [0.29, 0.717) is 15.9 Å². The third kappa shape index (κ3) is 4.26. The van der Waals surface area contributed by atoms with Gasteiger partial charge in [-0.2, -0.15) is 19.0 Å². The van der Waals surface area contributed by atoms with Crippen LogP contribution in [0.5, 0.6) is 0 Å². The molecule has 0 aliphatic heterocycles. The van der Waals surface area contributed by atoms with Crippen LogP contribution in [-0.2, 0) is 11.8 Å². The molecule has 0 saturated carbocycles.